The highest BCUT2D eigenvalue weighted by Crippen LogP contribution is 2.16. The molecule has 0 saturated carbocycles. The van der Waals surface area contributed by atoms with Crippen molar-refractivity contribution >= 4 is 6.09 Å². The summed E-state index contributed by atoms with van der Waals surface area (Å²) >= 11 is 0. The zero-order valence-electron chi connectivity index (χ0n) is 11.6. The number of nitrogens with two attached hydrogens (primary N) is 1. The molecular weight excluding hydrogens is 218 g/mol. The van der Waals surface area contributed by atoms with E-state index in [1.165, 1.54) is 0 Å². The molecule has 0 radical (unpaired) electrons. The van der Waals surface area contributed by atoms with Crippen LogP contribution in [-0.4, -0.2) is 60.8 Å². The van der Waals surface area contributed by atoms with E-state index in [2.05, 4.69) is 4.90 Å². The number of likely N-dealkylation sites (N-methyl/N-ethyl adjacent to an activating group) is 2. The minimum absolute atomic E-state index is 0.0311. The predicted molar refractivity (Wildman–Crippen MR) is 67.9 cm³/mol. The normalized spacial score (nSPS) is 26.7. The van der Waals surface area contributed by atoms with E-state index in [0.29, 0.717) is 0 Å². The zero-order valence-corrected chi connectivity index (χ0v) is 11.6. The van der Waals surface area contributed by atoms with Crippen LogP contribution in [0.15, 0.2) is 0 Å². The molecule has 100 valence electrons. The van der Waals surface area contributed by atoms with E-state index >= 15 is 0 Å². The lowest BCUT2D eigenvalue weighted by Crippen LogP contribution is -2.58. The highest BCUT2D eigenvalue weighted by molar-refractivity contribution is 5.68. The molecule has 0 bridgehead atoms. The maximum Gasteiger partial charge on any atom is 0.410 e. The first-order valence-electron chi connectivity index (χ1n) is 6.10. The number of amides is 1. The maximum atomic E-state index is 11.9. The van der Waals surface area contributed by atoms with Crippen LogP contribution in [0.1, 0.15) is 27.2 Å². The third kappa shape index (κ3) is 4.16. The maximum absolute atomic E-state index is 11.9. The fourth-order valence-electron chi connectivity index (χ4n) is 1.99. The summed E-state index contributed by atoms with van der Waals surface area (Å²) in [4.78, 5) is 15.8. The molecule has 2 atom stereocenters. The number of carbonyl (C=O) groups excluding carboxylic acids is 1. The number of hydrogen-bond donors (Lipinski definition) is 1. The average Bonchev–Trinajstić information content (AvgIpc) is 2.18. The number of ether oxygens (including phenoxy) is 1. The van der Waals surface area contributed by atoms with Gasteiger partial charge in [0.2, 0.25) is 0 Å². The second-order valence-corrected chi connectivity index (χ2v) is 5.87. The number of hydrogen-bond acceptors (Lipinski definition) is 4. The Morgan fingerprint density at radius 1 is 1.47 bits per heavy atom. The molecule has 2 N–H and O–H groups in total. The van der Waals surface area contributed by atoms with Crippen molar-refractivity contribution in [2.45, 2.75) is 44.9 Å². The standard InChI is InChI=1S/C12H25N3O2/c1-12(2,3)17-11(16)15(5)10-8-14(4)7-6-9(10)13/h9-10H,6-8,13H2,1-5H3. The Hall–Kier alpha value is -0.810. The predicted octanol–water partition coefficient (Wildman–Crippen LogP) is 0.885. The second-order valence-electron chi connectivity index (χ2n) is 5.87. The van der Waals surface area contributed by atoms with Crippen molar-refractivity contribution < 1.29 is 9.53 Å². The van der Waals surface area contributed by atoms with Gasteiger partial charge in [-0.05, 0) is 40.8 Å². The van der Waals surface area contributed by atoms with E-state index in [9.17, 15) is 4.79 Å². The summed E-state index contributed by atoms with van der Waals surface area (Å²) < 4.78 is 5.35. The Balaban J connectivity index is 2.61. The molecule has 1 heterocycles. The fourth-order valence-corrected chi connectivity index (χ4v) is 1.99. The van der Waals surface area contributed by atoms with Gasteiger partial charge in [-0.3, -0.25) is 0 Å². The van der Waals surface area contributed by atoms with Gasteiger partial charge in [-0.15, -0.1) is 0 Å². The SMILES string of the molecule is CN1CCC(N)C(N(C)C(=O)OC(C)(C)C)C1. The van der Waals surface area contributed by atoms with Crippen LogP contribution in [0.3, 0.4) is 0 Å². The van der Waals surface area contributed by atoms with Crippen molar-refractivity contribution in [3.63, 3.8) is 0 Å². The van der Waals surface area contributed by atoms with Gasteiger partial charge in [0.25, 0.3) is 0 Å². The minimum atomic E-state index is -0.462. The van der Waals surface area contributed by atoms with Crippen LogP contribution in [0.25, 0.3) is 0 Å². The van der Waals surface area contributed by atoms with Gasteiger partial charge >= 0.3 is 6.09 Å². The first-order chi connectivity index (χ1) is 7.70. The van der Waals surface area contributed by atoms with E-state index in [-0.39, 0.29) is 18.2 Å². The van der Waals surface area contributed by atoms with E-state index < -0.39 is 5.60 Å². The molecule has 2 unspecified atom stereocenters. The number of piperidine rings is 1. The van der Waals surface area contributed by atoms with Gasteiger partial charge in [0.05, 0.1) is 6.04 Å². The van der Waals surface area contributed by atoms with Gasteiger partial charge in [-0.2, -0.15) is 0 Å². The Bertz CT molecular complexity index is 275. The van der Waals surface area contributed by atoms with E-state index in [0.717, 1.165) is 19.5 Å². The second kappa shape index (κ2) is 5.23. The number of nitrogens with zero attached hydrogens (tertiary/aromatic N) is 2. The summed E-state index contributed by atoms with van der Waals surface area (Å²) in [6.07, 6.45) is 0.613. The van der Waals surface area contributed by atoms with Crippen LogP contribution in [-0.2, 0) is 4.74 Å². The van der Waals surface area contributed by atoms with E-state index in [4.69, 9.17) is 10.5 Å². The molecule has 0 aromatic carbocycles. The first kappa shape index (κ1) is 14.3. The van der Waals surface area contributed by atoms with Crippen molar-refractivity contribution in [2.24, 2.45) is 5.73 Å². The molecule has 0 aliphatic carbocycles. The van der Waals surface area contributed by atoms with E-state index in [1.54, 1.807) is 11.9 Å². The summed E-state index contributed by atoms with van der Waals surface area (Å²) in [5.74, 6) is 0. The Morgan fingerprint density at radius 2 is 2.06 bits per heavy atom. The van der Waals surface area contributed by atoms with Gasteiger partial charge < -0.3 is 20.3 Å². The monoisotopic (exact) mass is 243 g/mol. The van der Waals surface area contributed by atoms with Gasteiger partial charge in [-0.25, -0.2) is 4.79 Å². The van der Waals surface area contributed by atoms with Crippen LogP contribution in [0.5, 0.6) is 0 Å². The summed E-state index contributed by atoms with van der Waals surface area (Å²) in [6.45, 7) is 7.39. The smallest absolute Gasteiger partial charge is 0.410 e. The van der Waals surface area contributed by atoms with Gasteiger partial charge in [0, 0.05) is 19.6 Å². The molecule has 1 saturated heterocycles. The fraction of sp³-hybridized carbons (Fsp3) is 0.917. The van der Waals surface area contributed by atoms with Crippen LogP contribution < -0.4 is 5.73 Å². The number of carbonyl (C=O) groups is 1. The summed E-state index contributed by atoms with van der Waals surface area (Å²) in [6, 6.07) is 0.0623. The highest BCUT2D eigenvalue weighted by atomic mass is 16.6. The number of likely N-dealkylation sites (tertiary alicyclic amines) is 1. The average molecular weight is 243 g/mol. The molecule has 17 heavy (non-hydrogen) atoms. The minimum Gasteiger partial charge on any atom is -0.444 e. The lowest BCUT2D eigenvalue weighted by Gasteiger charge is -2.40. The van der Waals surface area contributed by atoms with Crippen molar-refractivity contribution in [3.8, 4) is 0 Å². The highest BCUT2D eigenvalue weighted by Gasteiger charge is 2.32. The van der Waals surface area contributed by atoms with Crippen LogP contribution in [0.2, 0.25) is 0 Å². The Labute approximate surface area is 104 Å². The molecule has 0 aromatic heterocycles. The van der Waals surface area contributed by atoms with Gasteiger partial charge in [0.15, 0.2) is 0 Å². The van der Waals surface area contributed by atoms with Crippen molar-refractivity contribution in [1.82, 2.24) is 9.80 Å². The molecule has 1 fully saturated rings. The topological polar surface area (TPSA) is 58.8 Å². The molecular formula is C12H25N3O2. The Morgan fingerprint density at radius 3 is 2.59 bits per heavy atom. The first-order valence-corrected chi connectivity index (χ1v) is 6.10. The summed E-state index contributed by atoms with van der Waals surface area (Å²) in [5.41, 5.74) is 5.61. The molecule has 5 nitrogen and oxygen atoms in total. The number of rotatable bonds is 1. The van der Waals surface area contributed by atoms with Crippen LogP contribution in [0, 0.1) is 0 Å². The molecule has 5 heteroatoms. The Kier molecular flexibility index (Phi) is 4.38. The molecule has 1 rings (SSSR count). The third-order valence-electron chi connectivity index (χ3n) is 3.02. The van der Waals surface area contributed by atoms with Gasteiger partial charge in [0.1, 0.15) is 5.60 Å². The molecule has 0 aromatic rings. The molecule has 1 amide bonds. The third-order valence-corrected chi connectivity index (χ3v) is 3.02. The summed E-state index contributed by atoms with van der Waals surface area (Å²) in [7, 11) is 3.81. The lowest BCUT2D eigenvalue weighted by molar-refractivity contribution is 0.0121. The zero-order chi connectivity index (χ0) is 13.2. The van der Waals surface area contributed by atoms with Crippen molar-refractivity contribution in [2.75, 3.05) is 27.2 Å². The van der Waals surface area contributed by atoms with E-state index in [1.807, 2.05) is 27.8 Å². The van der Waals surface area contributed by atoms with Crippen molar-refractivity contribution in [1.29, 1.82) is 0 Å². The molecule has 0 spiro atoms. The molecule has 1 aliphatic rings. The van der Waals surface area contributed by atoms with Gasteiger partial charge in [-0.1, -0.05) is 0 Å². The molecule has 1 aliphatic heterocycles. The van der Waals surface area contributed by atoms with Crippen molar-refractivity contribution in [3.05, 3.63) is 0 Å². The summed E-state index contributed by atoms with van der Waals surface area (Å²) in [5, 5.41) is 0. The van der Waals surface area contributed by atoms with Crippen LogP contribution >= 0.6 is 0 Å². The quantitative estimate of drug-likeness (QED) is 0.743. The largest absolute Gasteiger partial charge is 0.444 e. The lowest BCUT2D eigenvalue weighted by atomic mass is 10.00. The van der Waals surface area contributed by atoms with Crippen LogP contribution in [0.4, 0.5) is 4.79 Å².